The number of fused-ring (bicyclic) bond motifs is 1. The third-order valence-corrected chi connectivity index (χ3v) is 3.76. The van der Waals surface area contributed by atoms with Crippen LogP contribution in [0.25, 0.3) is 0 Å². The highest BCUT2D eigenvalue weighted by atomic mass is 16.5. The summed E-state index contributed by atoms with van der Waals surface area (Å²) >= 11 is 0. The van der Waals surface area contributed by atoms with Crippen LogP contribution >= 0.6 is 0 Å². The Morgan fingerprint density at radius 2 is 2.18 bits per heavy atom. The van der Waals surface area contributed by atoms with E-state index in [0.717, 1.165) is 18.8 Å². The monoisotopic (exact) mass is 231 g/mol. The maximum Gasteiger partial charge on any atom is 0.126 e. The van der Waals surface area contributed by atoms with Gasteiger partial charge in [0.2, 0.25) is 0 Å². The first-order valence-corrected chi connectivity index (χ1v) is 6.82. The first-order chi connectivity index (χ1) is 8.15. The van der Waals surface area contributed by atoms with Crippen molar-refractivity contribution in [2.75, 3.05) is 6.61 Å². The molecule has 0 unspecified atom stereocenters. The SMILES string of the molecule is CCCCCC(C)(C)c1cc[c]c2c1OCC2. The predicted molar refractivity (Wildman–Crippen MR) is 71.6 cm³/mol. The Bertz CT molecular complexity index is 379. The summed E-state index contributed by atoms with van der Waals surface area (Å²) in [6, 6.07) is 7.55. The lowest BCUT2D eigenvalue weighted by molar-refractivity contribution is 0.340. The highest BCUT2D eigenvalue weighted by Gasteiger charge is 2.27. The molecule has 1 aromatic rings. The van der Waals surface area contributed by atoms with E-state index >= 15 is 0 Å². The molecule has 2 rings (SSSR count). The number of unbranched alkanes of at least 4 members (excludes halogenated alkanes) is 2. The van der Waals surface area contributed by atoms with Crippen LogP contribution in [0.2, 0.25) is 0 Å². The molecule has 0 saturated heterocycles. The standard InChI is InChI=1S/C16H23O/c1-4-5-6-11-16(2,3)14-9-7-8-13-10-12-17-15(13)14/h7,9H,4-6,10-12H2,1-3H3. The summed E-state index contributed by atoms with van der Waals surface area (Å²) in [5, 5.41) is 0. The summed E-state index contributed by atoms with van der Waals surface area (Å²) in [4.78, 5) is 0. The summed E-state index contributed by atoms with van der Waals surface area (Å²) in [6.45, 7) is 7.75. The maximum atomic E-state index is 5.79. The van der Waals surface area contributed by atoms with Crippen molar-refractivity contribution in [1.82, 2.24) is 0 Å². The van der Waals surface area contributed by atoms with Gasteiger partial charge in [-0.25, -0.2) is 0 Å². The van der Waals surface area contributed by atoms with Gasteiger partial charge < -0.3 is 4.74 Å². The molecule has 0 N–H and O–H groups in total. The summed E-state index contributed by atoms with van der Waals surface area (Å²) in [5.41, 5.74) is 2.87. The van der Waals surface area contributed by atoms with Gasteiger partial charge in [-0.3, -0.25) is 0 Å². The molecule has 1 nitrogen and oxygen atoms in total. The van der Waals surface area contributed by atoms with Gasteiger partial charge in [-0.15, -0.1) is 0 Å². The van der Waals surface area contributed by atoms with Crippen molar-refractivity contribution in [2.24, 2.45) is 0 Å². The predicted octanol–water partition coefficient (Wildman–Crippen LogP) is 4.28. The summed E-state index contributed by atoms with van der Waals surface area (Å²) in [7, 11) is 0. The second-order valence-electron chi connectivity index (χ2n) is 5.64. The number of hydrogen-bond donors (Lipinski definition) is 0. The van der Waals surface area contributed by atoms with Crippen molar-refractivity contribution in [2.45, 2.75) is 58.3 Å². The Morgan fingerprint density at radius 3 is 2.94 bits per heavy atom. The van der Waals surface area contributed by atoms with E-state index in [2.05, 4.69) is 39.0 Å². The number of benzene rings is 1. The molecule has 0 bridgehead atoms. The van der Waals surface area contributed by atoms with Crippen LogP contribution in [0.5, 0.6) is 5.75 Å². The highest BCUT2D eigenvalue weighted by molar-refractivity contribution is 5.46. The average Bonchev–Trinajstić information content (AvgIpc) is 2.76. The van der Waals surface area contributed by atoms with Crippen LogP contribution in [-0.2, 0) is 11.8 Å². The quantitative estimate of drug-likeness (QED) is 0.687. The maximum absolute atomic E-state index is 5.79. The highest BCUT2D eigenvalue weighted by Crippen LogP contribution is 2.39. The van der Waals surface area contributed by atoms with Gasteiger partial charge in [-0.05, 0) is 17.9 Å². The second-order valence-corrected chi connectivity index (χ2v) is 5.64. The van der Waals surface area contributed by atoms with Crippen LogP contribution in [0, 0.1) is 6.07 Å². The van der Waals surface area contributed by atoms with E-state index in [0.29, 0.717) is 0 Å². The first kappa shape index (κ1) is 12.5. The van der Waals surface area contributed by atoms with Crippen LogP contribution in [0.1, 0.15) is 57.6 Å². The van der Waals surface area contributed by atoms with Crippen LogP contribution in [0.4, 0.5) is 0 Å². The minimum absolute atomic E-state index is 0.221. The molecule has 0 atom stereocenters. The minimum Gasteiger partial charge on any atom is -0.493 e. The van der Waals surface area contributed by atoms with Gasteiger partial charge in [0.25, 0.3) is 0 Å². The molecular weight excluding hydrogens is 208 g/mol. The van der Waals surface area contributed by atoms with Crippen molar-refractivity contribution in [3.8, 4) is 5.75 Å². The lowest BCUT2D eigenvalue weighted by Gasteiger charge is -2.27. The Morgan fingerprint density at radius 1 is 1.35 bits per heavy atom. The van der Waals surface area contributed by atoms with E-state index in [1.807, 2.05) is 0 Å². The van der Waals surface area contributed by atoms with Crippen LogP contribution in [-0.4, -0.2) is 6.61 Å². The topological polar surface area (TPSA) is 9.23 Å². The molecule has 1 heterocycles. The fourth-order valence-electron chi connectivity index (χ4n) is 2.62. The molecule has 0 amide bonds. The fourth-order valence-corrected chi connectivity index (χ4v) is 2.62. The van der Waals surface area contributed by atoms with Gasteiger partial charge in [-0.1, -0.05) is 52.2 Å². The molecule has 1 radical (unpaired) electrons. The van der Waals surface area contributed by atoms with Crippen molar-refractivity contribution in [3.63, 3.8) is 0 Å². The van der Waals surface area contributed by atoms with Crippen molar-refractivity contribution < 1.29 is 4.74 Å². The Hall–Kier alpha value is -0.980. The van der Waals surface area contributed by atoms with Gasteiger partial charge in [-0.2, -0.15) is 0 Å². The third kappa shape index (κ3) is 2.65. The minimum atomic E-state index is 0.221. The second kappa shape index (κ2) is 5.12. The molecule has 1 aliphatic rings. The molecule has 1 aromatic carbocycles. The van der Waals surface area contributed by atoms with Crippen molar-refractivity contribution >= 4 is 0 Å². The Balaban J connectivity index is 2.18. The zero-order valence-electron chi connectivity index (χ0n) is 11.3. The molecule has 0 aliphatic carbocycles. The van der Waals surface area contributed by atoms with Gasteiger partial charge in [0, 0.05) is 17.5 Å². The number of rotatable bonds is 5. The number of ether oxygens (including phenoxy) is 1. The zero-order chi connectivity index (χ0) is 12.3. The average molecular weight is 231 g/mol. The molecule has 0 fully saturated rings. The van der Waals surface area contributed by atoms with E-state index in [-0.39, 0.29) is 5.41 Å². The molecular formula is C16H23O. The molecule has 0 spiro atoms. The summed E-state index contributed by atoms with van der Waals surface area (Å²) in [5.74, 6) is 1.12. The molecule has 1 heteroatoms. The van der Waals surface area contributed by atoms with E-state index in [4.69, 9.17) is 4.74 Å². The lowest BCUT2D eigenvalue weighted by atomic mass is 9.79. The molecule has 93 valence electrons. The van der Waals surface area contributed by atoms with E-state index in [1.54, 1.807) is 0 Å². The van der Waals surface area contributed by atoms with E-state index < -0.39 is 0 Å². The van der Waals surface area contributed by atoms with Gasteiger partial charge in [0.05, 0.1) is 6.61 Å². The van der Waals surface area contributed by atoms with Gasteiger partial charge >= 0.3 is 0 Å². The summed E-state index contributed by atoms with van der Waals surface area (Å²) in [6.07, 6.45) is 6.17. The fraction of sp³-hybridized carbons (Fsp3) is 0.625. The van der Waals surface area contributed by atoms with Crippen LogP contribution in [0.3, 0.4) is 0 Å². The third-order valence-electron chi connectivity index (χ3n) is 3.76. The molecule has 0 aromatic heterocycles. The van der Waals surface area contributed by atoms with Crippen LogP contribution in [0.15, 0.2) is 12.1 Å². The molecule has 17 heavy (non-hydrogen) atoms. The van der Waals surface area contributed by atoms with Gasteiger partial charge in [0.15, 0.2) is 0 Å². The van der Waals surface area contributed by atoms with E-state index in [1.165, 1.54) is 36.8 Å². The lowest BCUT2D eigenvalue weighted by Crippen LogP contribution is -2.18. The van der Waals surface area contributed by atoms with Gasteiger partial charge in [0.1, 0.15) is 5.75 Å². The van der Waals surface area contributed by atoms with Crippen LogP contribution < -0.4 is 4.74 Å². The smallest absolute Gasteiger partial charge is 0.126 e. The Kier molecular flexibility index (Phi) is 3.76. The van der Waals surface area contributed by atoms with Crippen molar-refractivity contribution in [1.29, 1.82) is 0 Å². The zero-order valence-corrected chi connectivity index (χ0v) is 11.3. The first-order valence-electron chi connectivity index (χ1n) is 6.82. The molecule has 1 aliphatic heterocycles. The van der Waals surface area contributed by atoms with Crippen molar-refractivity contribution in [3.05, 3.63) is 29.3 Å². The summed E-state index contributed by atoms with van der Waals surface area (Å²) < 4.78 is 5.79. The molecule has 0 saturated carbocycles. The largest absolute Gasteiger partial charge is 0.493 e. The van der Waals surface area contributed by atoms with E-state index in [9.17, 15) is 0 Å². The Labute approximate surface area is 105 Å². The number of hydrogen-bond acceptors (Lipinski definition) is 1. The normalized spacial score (nSPS) is 14.5.